The van der Waals surface area contributed by atoms with Gasteiger partial charge in [-0.2, -0.15) is 0 Å². The first kappa shape index (κ1) is 18.2. The fraction of sp³-hybridized carbons (Fsp3) is 0.111. The Hall–Kier alpha value is -2.64. The van der Waals surface area contributed by atoms with Gasteiger partial charge in [-0.1, -0.05) is 35.1 Å². The van der Waals surface area contributed by atoms with Crippen molar-refractivity contribution >= 4 is 45.4 Å². The highest BCUT2D eigenvalue weighted by molar-refractivity contribution is 7.17. The summed E-state index contributed by atoms with van der Waals surface area (Å²) in [4.78, 5) is 17.4. The maximum absolute atomic E-state index is 13.2. The van der Waals surface area contributed by atoms with Gasteiger partial charge in [0.05, 0.1) is 23.5 Å². The molecule has 1 heterocycles. The fourth-order valence-electron chi connectivity index (χ4n) is 2.28. The number of carbonyl (C=O) groups is 1. The van der Waals surface area contributed by atoms with E-state index in [9.17, 15) is 9.18 Å². The predicted molar refractivity (Wildman–Crippen MR) is 102 cm³/mol. The van der Waals surface area contributed by atoms with Gasteiger partial charge in [0.2, 0.25) is 0 Å². The number of hydrogen-bond donors (Lipinski definition) is 2. The highest BCUT2D eigenvalue weighted by Gasteiger charge is 2.17. The third kappa shape index (κ3) is 3.95. The number of halogens is 2. The predicted octanol–water partition coefficient (Wildman–Crippen LogP) is 5.25. The zero-order valence-corrected chi connectivity index (χ0v) is 15.5. The lowest BCUT2D eigenvalue weighted by Gasteiger charge is -2.08. The number of amides is 1. The summed E-state index contributed by atoms with van der Waals surface area (Å²) in [7, 11) is 1.54. The number of benzene rings is 2. The van der Waals surface area contributed by atoms with Crippen LogP contribution < -0.4 is 15.4 Å². The van der Waals surface area contributed by atoms with E-state index >= 15 is 0 Å². The highest BCUT2D eigenvalue weighted by atomic mass is 35.5. The number of methoxy groups -OCH3 is 1. The number of thiazole rings is 1. The number of para-hydroxylation sites is 2. The Morgan fingerprint density at radius 3 is 2.77 bits per heavy atom. The van der Waals surface area contributed by atoms with Crippen LogP contribution in [0.5, 0.6) is 5.75 Å². The van der Waals surface area contributed by atoms with E-state index in [1.807, 2.05) is 12.1 Å². The number of ether oxygens (including phenoxy) is 1. The van der Waals surface area contributed by atoms with Gasteiger partial charge in [0.1, 0.15) is 16.4 Å². The molecule has 0 saturated heterocycles. The molecule has 5 nitrogen and oxygen atoms in total. The summed E-state index contributed by atoms with van der Waals surface area (Å²) in [6, 6.07) is 11.4. The minimum Gasteiger partial charge on any atom is -0.495 e. The lowest BCUT2D eigenvalue weighted by atomic mass is 10.3. The van der Waals surface area contributed by atoms with Gasteiger partial charge in [-0.25, -0.2) is 9.37 Å². The summed E-state index contributed by atoms with van der Waals surface area (Å²) in [5, 5.41) is 6.37. The number of nitrogens with one attached hydrogen (secondary N) is 2. The van der Waals surface area contributed by atoms with E-state index in [2.05, 4.69) is 15.6 Å². The Morgan fingerprint density at radius 1 is 1.27 bits per heavy atom. The molecule has 0 atom stereocenters. The second-order valence-corrected chi connectivity index (χ2v) is 6.75. The number of nitrogens with zero attached hydrogens (tertiary/aromatic N) is 1. The second kappa shape index (κ2) is 7.72. The smallest absolute Gasteiger partial charge is 0.267 e. The molecule has 0 saturated carbocycles. The van der Waals surface area contributed by atoms with Crippen LogP contribution in [0.2, 0.25) is 5.02 Å². The van der Waals surface area contributed by atoms with E-state index < -0.39 is 5.82 Å². The number of hydrogen-bond acceptors (Lipinski definition) is 5. The van der Waals surface area contributed by atoms with E-state index in [0.29, 0.717) is 32.8 Å². The Morgan fingerprint density at radius 2 is 2.04 bits per heavy atom. The van der Waals surface area contributed by atoms with Gasteiger partial charge in [0.15, 0.2) is 5.13 Å². The lowest BCUT2D eigenvalue weighted by Crippen LogP contribution is -2.12. The van der Waals surface area contributed by atoms with Gasteiger partial charge < -0.3 is 15.4 Å². The molecule has 8 heteroatoms. The standard InChI is InChI=1S/C18H15ClFN3O2S/c1-10-16(17(24)23-14-5-3-4-6-15(14)25-2)26-18(21-10)22-11-7-8-13(20)12(19)9-11/h3-9H,1-2H3,(H,21,22)(H,23,24). The van der Waals surface area contributed by atoms with Crippen LogP contribution in [0, 0.1) is 12.7 Å². The van der Waals surface area contributed by atoms with Crippen molar-refractivity contribution in [2.24, 2.45) is 0 Å². The molecule has 0 aliphatic carbocycles. The van der Waals surface area contributed by atoms with Crippen molar-refractivity contribution in [2.75, 3.05) is 17.7 Å². The van der Waals surface area contributed by atoms with E-state index in [1.165, 1.54) is 23.5 Å². The van der Waals surface area contributed by atoms with Gasteiger partial charge >= 0.3 is 0 Å². The minimum atomic E-state index is -0.496. The largest absolute Gasteiger partial charge is 0.495 e. The minimum absolute atomic E-state index is 0.0115. The van der Waals surface area contributed by atoms with Gasteiger partial charge in [-0.15, -0.1) is 0 Å². The van der Waals surface area contributed by atoms with Crippen LogP contribution in [-0.4, -0.2) is 18.0 Å². The highest BCUT2D eigenvalue weighted by Crippen LogP contribution is 2.29. The number of aromatic nitrogens is 1. The van der Waals surface area contributed by atoms with E-state index in [4.69, 9.17) is 16.3 Å². The van der Waals surface area contributed by atoms with E-state index in [0.717, 1.165) is 0 Å². The lowest BCUT2D eigenvalue weighted by molar-refractivity contribution is 0.102. The summed E-state index contributed by atoms with van der Waals surface area (Å²) in [6.45, 7) is 1.75. The average Bonchev–Trinajstić information content (AvgIpc) is 2.99. The van der Waals surface area contributed by atoms with Crippen LogP contribution in [-0.2, 0) is 0 Å². The molecule has 0 fully saturated rings. The van der Waals surface area contributed by atoms with Gasteiger partial charge in [-0.05, 0) is 37.3 Å². The molecule has 0 radical (unpaired) electrons. The molecule has 0 bridgehead atoms. The molecule has 3 rings (SSSR count). The van der Waals surface area contributed by atoms with Crippen LogP contribution in [0.15, 0.2) is 42.5 Å². The first-order chi connectivity index (χ1) is 12.5. The summed E-state index contributed by atoms with van der Waals surface area (Å²) < 4.78 is 18.5. The summed E-state index contributed by atoms with van der Waals surface area (Å²) in [5.74, 6) is -0.207. The van der Waals surface area contributed by atoms with Crippen LogP contribution in [0.3, 0.4) is 0 Å². The fourth-order valence-corrected chi connectivity index (χ4v) is 3.35. The third-order valence-corrected chi connectivity index (χ3v) is 4.89. The number of aryl methyl sites for hydroxylation is 1. The van der Waals surface area contributed by atoms with Gasteiger partial charge in [0.25, 0.3) is 5.91 Å². The summed E-state index contributed by atoms with van der Waals surface area (Å²) in [5.41, 5.74) is 1.74. The monoisotopic (exact) mass is 391 g/mol. The second-order valence-electron chi connectivity index (χ2n) is 5.34. The number of rotatable bonds is 5. The van der Waals surface area contributed by atoms with Crippen molar-refractivity contribution in [1.82, 2.24) is 4.98 Å². The molecule has 26 heavy (non-hydrogen) atoms. The molecule has 0 aliphatic heterocycles. The molecule has 0 unspecified atom stereocenters. The molecule has 1 amide bonds. The van der Waals surface area contributed by atoms with Crippen LogP contribution in [0.4, 0.5) is 20.9 Å². The Balaban J connectivity index is 1.79. The molecular formula is C18H15ClFN3O2S. The molecule has 2 aromatic carbocycles. The Bertz CT molecular complexity index is 961. The van der Waals surface area contributed by atoms with Crippen molar-refractivity contribution in [3.63, 3.8) is 0 Å². The number of anilines is 3. The first-order valence-corrected chi connectivity index (χ1v) is 8.81. The van der Waals surface area contributed by atoms with Crippen molar-refractivity contribution in [1.29, 1.82) is 0 Å². The summed E-state index contributed by atoms with van der Waals surface area (Å²) >= 11 is 6.97. The summed E-state index contributed by atoms with van der Waals surface area (Å²) in [6.07, 6.45) is 0. The molecule has 0 aliphatic rings. The van der Waals surface area contributed by atoms with Crippen molar-refractivity contribution < 1.29 is 13.9 Å². The zero-order chi connectivity index (χ0) is 18.7. The maximum Gasteiger partial charge on any atom is 0.267 e. The zero-order valence-electron chi connectivity index (χ0n) is 14.0. The first-order valence-electron chi connectivity index (χ1n) is 7.62. The molecule has 2 N–H and O–H groups in total. The van der Waals surface area contributed by atoms with E-state index in [-0.39, 0.29) is 10.9 Å². The Kier molecular flexibility index (Phi) is 5.39. The van der Waals surface area contributed by atoms with Gasteiger partial charge in [0, 0.05) is 5.69 Å². The third-order valence-electron chi connectivity index (χ3n) is 3.53. The van der Waals surface area contributed by atoms with Crippen LogP contribution in [0.25, 0.3) is 0 Å². The quantitative estimate of drug-likeness (QED) is 0.623. The molecule has 0 spiro atoms. The molecular weight excluding hydrogens is 377 g/mol. The normalized spacial score (nSPS) is 10.5. The van der Waals surface area contributed by atoms with Crippen LogP contribution >= 0.6 is 22.9 Å². The molecule has 3 aromatic rings. The number of carbonyl (C=O) groups excluding carboxylic acids is 1. The van der Waals surface area contributed by atoms with Crippen LogP contribution in [0.1, 0.15) is 15.4 Å². The molecule has 1 aromatic heterocycles. The van der Waals surface area contributed by atoms with Crippen molar-refractivity contribution in [3.8, 4) is 5.75 Å². The average molecular weight is 392 g/mol. The van der Waals surface area contributed by atoms with Crippen molar-refractivity contribution in [2.45, 2.75) is 6.92 Å². The Labute approximate surface area is 158 Å². The molecule has 134 valence electrons. The van der Waals surface area contributed by atoms with Crippen molar-refractivity contribution in [3.05, 3.63) is 63.9 Å². The SMILES string of the molecule is COc1ccccc1NC(=O)c1sc(Nc2ccc(F)c(Cl)c2)nc1C. The van der Waals surface area contributed by atoms with Gasteiger partial charge in [-0.3, -0.25) is 4.79 Å². The van der Waals surface area contributed by atoms with E-state index in [1.54, 1.807) is 32.2 Å². The maximum atomic E-state index is 13.2. The topological polar surface area (TPSA) is 63.2 Å².